The van der Waals surface area contributed by atoms with Gasteiger partial charge in [0, 0.05) is 6.20 Å². The van der Waals surface area contributed by atoms with Gasteiger partial charge in [0.05, 0.1) is 0 Å². The molecule has 0 unspecified atom stereocenters. The molecule has 0 saturated heterocycles. The van der Waals surface area contributed by atoms with Gasteiger partial charge in [0.2, 0.25) is 0 Å². The third-order valence-corrected chi connectivity index (χ3v) is 2.00. The lowest BCUT2D eigenvalue weighted by Crippen LogP contribution is -2.21. The van der Waals surface area contributed by atoms with Crippen molar-refractivity contribution in [3.05, 3.63) is 35.8 Å². The molecule has 4 N–H and O–H groups in total. The molecule has 0 aliphatic carbocycles. The van der Waals surface area contributed by atoms with Crippen molar-refractivity contribution in [1.29, 1.82) is 0 Å². The fourth-order valence-corrected chi connectivity index (χ4v) is 1.40. The van der Waals surface area contributed by atoms with Crippen molar-refractivity contribution < 1.29 is 9.59 Å². The number of fused-ring (bicyclic) bond motifs is 1. The van der Waals surface area contributed by atoms with Crippen molar-refractivity contribution in [3.8, 4) is 0 Å². The first kappa shape index (κ1) is 9.20. The third kappa shape index (κ3) is 1.32. The van der Waals surface area contributed by atoms with Gasteiger partial charge in [0.15, 0.2) is 5.69 Å². The minimum absolute atomic E-state index is 0.0121. The largest absolute Gasteiger partial charge is 0.364 e. The highest BCUT2D eigenvalue weighted by Crippen LogP contribution is 2.11. The number of hydrogen-bond acceptors (Lipinski definition) is 3. The van der Waals surface area contributed by atoms with Crippen molar-refractivity contribution >= 4 is 17.5 Å². The van der Waals surface area contributed by atoms with Crippen LogP contribution in [0.5, 0.6) is 0 Å². The van der Waals surface area contributed by atoms with E-state index in [0.29, 0.717) is 5.65 Å². The van der Waals surface area contributed by atoms with Gasteiger partial charge in [-0.2, -0.15) is 0 Å². The maximum atomic E-state index is 11.2. The first-order valence-electron chi connectivity index (χ1n) is 4.18. The molecule has 76 valence electrons. The van der Waals surface area contributed by atoms with E-state index in [1.807, 2.05) is 0 Å². The average molecular weight is 204 g/mol. The van der Waals surface area contributed by atoms with E-state index in [2.05, 4.69) is 4.98 Å². The molecule has 2 rings (SSSR count). The summed E-state index contributed by atoms with van der Waals surface area (Å²) in [6.45, 7) is 0. The average Bonchev–Trinajstić information content (AvgIpc) is 2.56. The number of primary amides is 2. The first-order valence-corrected chi connectivity index (χ1v) is 4.18. The van der Waals surface area contributed by atoms with Gasteiger partial charge in [-0.1, -0.05) is 6.07 Å². The molecule has 0 radical (unpaired) electrons. The predicted molar refractivity (Wildman–Crippen MR) is 52.2 cm³/mol. The SMILES string of the molecule is NC(=O)c1nc2ccccn2c1C(N)=O. The quantitative estimate of drug-likeness (QED) is 0.691. The molecule has 15 heavy (non-hydrogen) atoms. The summed E-state index contributed by atoms with van der Waals surface area (Å²) >= 11 is 0. The summed E-state index contributed by atoms with van der Waals surface area (Å²) in [4.78, 5) is 26.1. The fraction of sp³-hybridized carbons (Fsp3) is 0. The van der Waals surface area contributed by atoms with Gasteiger partial charge in [-0.25, -0.2) is 4.98 Å². The van der Waals surface area contributed by atoms with Gasteiger partial charge in [0.1, 0.15) is 11.3 Å². The molecular weight excluding hydrogens is 196 g/mol. The summed E-state index contributed by atoms with van der Waals surface area (Å²) in [5.41, 5.74) is 10.6. The molecule has 0 aliphatic rings. The second-order valence-corrected chi connectivity index (χ2v) is 2.97. The summed E-state index contributed by atoms with van der Waals surface area (Å²) in [6.07, 6.45) is 1.59. The molecular formula is C9H8N4O2. The molecule has 6 nitrogen and oxygen atoms in total. The molecule has 0 spiro atoms. The fourth-order valence-electron chi connectivity index (χ4n) is 1.40. The number of aromatic nitrogens is 2. The Balaban J connectivity index is 2.86. The van der Waals surface area contributed by atoms with E-state index in [0.717, 1.165) is 0 Å². The Bertz CT molecular complexity index is 558. The van der Waals surface area contributed by atoms with Crippen LogP contribution in [0.3, 0.4) is 0 Å². The Morgan fingerprint density at radius 1 is 1.20 bits per heavy atom. The highest BCUT2D eigenvalue weighted by atomic mass is 16.2. The third-order valence-electron chi connectivity index (χ3n) is 2.00. The van der Waals surface area contributed by atoms with Crippen LogP contribution in [-0.2, 0) is 0 Å². The minimum atomic E-state index is -0.771. The molecule has 0 aliphatic heterocycles. The summed E-state index contributed by atoms with van der Waals surface area (Å²) in [5, 5.41) is 0. The Hall–Kier alpha value is -2.37. The number of hydrogen-bond donors (Lipinski definition) is 2. The molecule has 2 amide bonds. The number of imidazole rings is 1. The summed E-state index contributed by atoms with van der Waals surface area (Å²) in [5.74, 6) is -1.50. The lowest BCUT2D eigenvalue weighted by atomic mass is 10.3. The predicted octanol–water partition coefficient (Wildman–Crippen LogP) is -0.468. The standard InChI is InChI=1S/C9H8N4O2/c10-8(14)6-7(9(11)15)13-4-2-1-3-5(13)12-6/h1-4H,(H2,10,14)(H2,11,15). The Labute approximate surface area is 84.5 Å². The van der Waals surface area contributed by atoms with Crippen LogP contribution in [0.25, 0.3) is 5.65 Å². The van der Waals surface area contributed by atoms with Crippen LogP contribution in [0.1, 0.15) is 21.0 Å². The number of pyridine rings is 1. The maximum absolute atomic E-state index is 11.2. The smallest absolute Gasteiger partial charge is 0.269 e. The molecule has 0 bridgehead atoms. The van der Waals surface area contributed by atoms with E-state index < -0.39 is 11.8 Å². The lowest BCUT2D eigenvalue weighted by molar-refractivity contribution is 0.0961. The topological polar surface area (TPSA) is 103 Å². The second kappa shape index (κ2) is 3.09. The van der Waals surface area contributed by atoms with Crippen molar-refractivity contribution in [1.82, 2.24) is 9.38 Å². The monoisotopic (exact) mass is 204 g/mol. The van der Waals surface area contributed by atoms with Gasteiger partial charge < -0.3 is 11.5 Å². The molecule has 0 aromatic carbocycles. The van der Waals surface area contributed by atoms with Crippen LogP contribution in [0.2, 0.25) is 0 Å². The zero-order valence-electron chi connectivity index (χ0n) is 7.68. The van der Waals surface area contributed by atoms with Gasteiger partial charge in [-0.3, -0.25) is 14.0 Å². The summed E-state index contributed by atoms with van der Waals surface area (Å²) in [7, 11) is 0. The normalized spacial score (nSPS) is 10.4. The number of nitrogens with zero attached hydrogens (tertiary/aromatic N) is 2. The van der Waals surface area contributed by atoms with Gasteiger partial charge in [0.25, 0.3) is 11.8 Å². The molecule has 0 saturated carbocycles. The van der Waals surface area contributed by atoms with Crippen molar-refractivity contribution in [2.24, 2.45) is 11.5 Å². The van der Waals surface area contributed by atoms with E-state index in [1.165, 1.54) is 4.40 Å². The maximum Gasteiger partial charge on any atom is 0.269 e. The summed E-state index contributed by atoms with van der Waals surface area (Å²) < 4.78 is 1.43. The molecule has 2 heterocycles. The van der Waals surface area contributed by atoms with Crippen LogP contribution in [0.15, 0.2) is 24.4 Å². The van der Waals surface area contributed by atoms with Crippen LogP contribution < -0.4 is 11.5 Å². The van der Waals surface area contributed by atoms with Crippen molar-refractivity contribution in [2.45, 2.75) is 0 Å². The van der Waals surface area contributed by atoms with Crippen LogP contribution >= 0.6 is 0 Å². The van der Waals surface area contributed by atoms with Gasteiger partial charge in [-0.15, -0.1) is 0 Å². The molecule has 0 atom stereocenters. The van der Waals surface area contributed by atoms with Crippen molar-refractivity contribution in [3.63, 3.8) is 0 Å². The van der Waals surface area contributed by atoms with E-state index in [-0.39, 0.29) is 11.4 Å². The van der Waals surface area contributed by atoms with Gasteiger partial charge >= 0.3 is 0 Å². The molecule has 2 aromatic rings. The van der Waals surface area contributed by atoms with Crippen LogP contribution in [-0.4, -0.2) is 21.2 Å². The second-order valence-electron chi connectivity index (χ2n) is 2.97. The van der Waals surface area contributed by atoms with E-state index in [9.17, 15) is 9.59 Å². The minimum Gasteiger partial charge on any atom is -0.364 e. The molecule has 6 heteroatoms. The first-order chi connectivity index (χ1) is 7.11. The number of carbonyl (C=O) groups is 2. The highest BCUT2D eigenvalue weighted by molar-refractivity contribution is 6.04. The number of carbonyl (C=O) groups excluding carboxylic acids is 2. The number of rotatable bonds is 2. The van der Waals surface area contributed by atoms with Crippen LogP contribution in [0.4, 0.5) is 0 Å². The van der Waals surface area contributed by atoms with E-state index in [4.69, 9.17) is 11.5 Å². The highest BCUT2D eigenvalue weighted by Gasteiger charge is 2.20. The van der Waals surface area contributed by atoms with Crippen molar-refractivity contribution in [2.75, 3.05) is 0 Å². The lowest BCUT2D eigenvalue weighted by Gasteiger charge is -1.96. The number of nitrogens with two attached hydrogens (primary N) is 2. The summed E-state index contributed by atoms with van der Waals surface area (Å²) in [6, 6.07) is 5.09. The van der Waals surface area contributed by atoms with Crippen LogP contribution in [0, 0.1) is 0 Å². The molecule has 2 aromatic heterocycles. The number of amides is 2. The Kier molecular flexibility index (Phi) is 1.89. The molecule has 0 fully saturated rings. The van der Waals surface area contributed by atoms with Gasteiger partial charge in [-0.05, 0) is 12.1 Å². The Morgan fingerprint density at radius 3 is 2.53 bits per heavy atom. The Morgan fingerprint density at radius 2 is 1.93 bits per heavy atom. The zero-order chi connectivity index (χ0) is 11.0. The van der Waals surface area contributed by atoms with E-state index >= 15 is 0 Å². The van der Waals surface area contributed by atoms with E-state index in [1.54, 1.807) is 24.4 Å². The zero-order valence-corrected chi connectivity index (χ0v) is 7.68.